The normalized spacial score (nSPS) is 19.3. The number of nitro benzene ring substituents is 1. The lowest BCUT2D eigenvalue weighted by Crippen LogP contribution is -2.42. The third-order valence-corrected chi connectivity index (χ3v) is 4.61. The molecule has 3 rings (SSSR count). The zero-order chi connectivity index (χ0) is 15.5. The maximum absolute atomic E-state index is 13.4. The monoisotopic (exact) mass is 343 g/mol. The van der Waals surface area contributed by atoms with Crippen molar-refractivity contribution in [2.24, 2.45) is 5.92 Å². The second-order valence-electron chi connectivity index (χ2n) is 6.43. The summed E-state index contributed by atoms with van der Waals surface area (Å²) < 4.78 is 13.4. The molecule has 7 heteroatoms. The standard InChI is InChI=1S/C16H22FN3O2.ClH/c17-14-3-4-16(20(21)22)13(9-14)11-19-7-5-15(6-8-19)18-10-12-1-2-12;/h3-4,9,12,15,18H,1-2,5-8,10-11H2;1H. The Morgan fingerprint density at radius 3 is 2.57 bits per heavy atom. The maximum atomic E-state index is 13.4. The first kappa shape index (κ1) is 18.1. The molecule has 0 unspecified atom stereocenters. The smallest absolute Gasteiger partial charge is 0.274 e. The van der Waals surface area contributed by atoms with Crippen molar-refractivity contribution in [3.8, 4) is 0 Å². The Morgan fingerprint density at radius 1 is 1.26 bits per heavy atom. The van der Waals surface area contributed by atoms with Crippen molar-refractivity contribution in [3.05, 3.63) is 39.7 Å². The molecule has 1 N–H and O–H groups in total. The Morgan fingerprint density at radius 2 is 1.96 bits per heavy atom. The second-order valence-corrected chi connectivity index (χ2v) is 6.43. The SMILES string of the molecule is Cl.O=[N+]([O-])c1ccc(F)cc1CN1CCC(NCC2CC2)CC1. The maximum Gasteiger partial charge on any atom is 0.274 e. The van der Waals surface area contributed by atoms with E-state index in [4.69, 9.17) is 0 Å². The van der Waals surface area contributed by atoms with Gasteiger partial charge in [0.15, 0.2) is 0 Å². The molecule has 0 bridgehead atoms. The van der Waals surface area contributed by atoms with E-state index in [0.717, 1.165) is 44.5 Å². The Balaban J connectivity index is 0.00000192. The molecular weight excluding hydrogens is 321 g/mol. The van der Waals surface area contributed by atoms with E-state index in [9.17, 15) is 14.5 Å². The van der Waals surface area contributed by atoms with Crippen molar-refractivity contribution in [3.63, 3.8) is 0 Å². The fourth-order valence-electron chi connectivity index (χ4n) is 3.05. The van der Waals surface area contributed by atoms with Crippen molar-refractivity contribution in [2.45, 2.75) is 38.3 Å². The van der Waals surface area contributed by atoms with E-state index in [1.54, 1.807) is 0 Å². The quantitative estimate of drug-likeness (QED) is 0.637. The summed E-state index contributed by atoms with van der Waals surface area (Å²) in [6.45, 7) is 3.37. The summed E-state index contributed by atoms with van der Waals surface area (Å²) >= 11 is 0. The number of benzene rings is 1. The molecule has 0 atom stereocenters. The van der Waals surface area contributed by atoms with Gasteiger partial charge in [-0.05, 0) is 63.4 Å². The second kappa shape index (κ2) is 8.04. The van der Waals surface area contributed by atoms with Gasteiger partial charge in [0.05, 0.1) is 4.92 Å². The van der Waals surface area contributed by atoms with Crippen LogP contribution in [0.2, 0.25) is 0 Å². The van der Waals surface area contributed by atoms with Gasteiger partial charge in [0, 0.05) is 24.2 Å². The molecule has 0 aromatic heterocycles. The van der Waals surface area contributed by atoms with Crippen LogP contribution < -0.4 is 5.32 Å². The molecule has 5 nitrogen and oxygen atoms in total. The highest BCUT2D eigenvalue weighted by molar-refractivity contribution is 5.85. The van der Waals surface area contributed by atoms with Gasteiger partial charge in [0.25, 0.3) is 5.69 Å². The Labute approximate surface area is 141 Å². The number of piperidine rings is 1. The van der Waals surface area contributed by atoms with E-state index in [0.29, 0.717) is 18.2 Å². The van der Waals surface area contributed by atoms with Gasteiger partial charge in [0.1, 0.15) is 5.82 Å². The third-order valence-electron chi connectivity index (χ3n) is 4.61. The predicted octanol–water partition coefficient (Wildman–Crippen LogP) is 3.12. The first-order valence-electron chi connectivity index (χ1n) is 8.00. The number of rotatable bonds is 6. The van der Waals surface area contributed by atoms with Gasteiger partial charge in [-0.3, -0.25) is 15.0 Å². The van der Waals surface area contributed by atoms with Crippen molar-refractivity contribution in [1.82, 2.24) is 10.2 Å². The van der Waals surface area contributed by atoms with Crippen LogP contribution in [0.1, 0.15) is 31.2 Å². The fourth-order valence-corrected chi connectivity index (χ4v) is 3.05. The number of hydrogen-bond acceptors (Lipinski definition) is 4. The molecule has 1 saturated heterocycles. The molecule has 0 spiro atoms. The molecule has 1 aromatic rings. The molecule has 1 aliphatic carbocycles. The molecule has 2 fully saturated rings. The van der Waals surface area contributed by atoms with E-state index in [1.807, 2.05) is 0 Å². The zero-order valence-corrected chi connectivity index (χ0v) is 13.9. The van der Waals surface area contributed by atoms with Crippen molar-refractivity contribution >= 4 is 18.1 Å². The van der Waals surface area contributed by atoms with Gasteiger partial charge in [0.2, 0.25) is 0 Å². The minimum atomic E-state index is -0.432. The van der Waals surface area contributed by atoms with E-state index in [1.165, 1.54) is 25.0 Å². The highest BCUT2D eigenvalue weighted by Gasteiger charge is 2.25. The van der Waals surface area contributed by atoms with E-state index in [2.05, 4.69) is 10.2 Å². The number of halogens is 2. The van der Waals surface area contributed by atoms with Crippen LogP contribution in [0, 0.1) is 21.8 Å². The average molecular weight is 344 g/mol. The molecule has 1 aromatic carbocycles. The molecule has 0 radical (unpaired) electrons. The number of nitro groups is 1. The summed E-state index contributed by atoms with van der Waals surface area (Å²) in [5.74, 6) is 0.467. The summed E-state index contributed by atoms with van der Waals surface area (Å²) in [5.41, 5.74) is 0.477. The Bertz CT molecular complexity index is 546. The molecule has 1 heterocycles. The van der Waals surface area contributed by atoms with Crippen LogP contribution in [0.4, 0.5) is 10.1 Å². The van der Waals surface area contributed by atoms with Crippen LogP contribution in [0.25, 0.3) is 0 Å². The van der Waals surface area contributed by atoms with Crippen molar-refractivity contribution in [1.29, 1.82) is 0 Å². The molecule has 1 saturated carbocycles. The van der Waals surface area contributed by atoms with Gasteiger partial charge in [-0.2, -0.15) is 0 Å². The summed E-state index contributed by atoms with van der Waals surface area (Å²) in [6, 6.07) is 4.25. The predicted molar refractivity (Wildman–Crippen MR) is 89.3 cm³/mol. The number of likely N-dealkylation sites (tertiary alicyclic amines) is 1. The number of nitrogens with zero attached hydrogens (tertiary/aromatic N) is 2. The highest BCUT2D eigenvalue weighted by Crippen LogP contribution is 2.28. The molecule has 23 heavy (non-hydrogen) atoms. The fraction of sp³-hybridized carbons (Fsp3) is 0.625. The highest BCUT2D eigenvalue weighted by atomic mass is 35.5. The summed E-state index contributed by atoms with van der Waals surface area (Å²) in [5, 5.41) is 14.6. The zero-order valence-electron chi connectivity index (χ0n) is 13.0. The topological polar surface area (TPSA) is 58.4 Å². The van der Waals surface area contributed by atoms with Crippen LogP contribution in [0.15, 0.2) is 18.2 Å². The molecule has 128 valence electrons. The lowest BCUT2D eigenvalue weighted by atomic mass is 10.0. The number of hydrogen-bond donors (Lipinski definition) is 1. The van der Waals surface area contributed by atoms with Crippen LogP contribution in [-0.2, 0) is 6.54 Å². The van der Waals surface area contributed by atoms with Crippen LogP contribution in [0.3, 0.4) is 0 Å². The largest absolute Gasteiger partial charge is 0.314 e. The van der Waals surface area contributed by atoms with E-state index >= 15 is 0 Å². The van der Waals surface area contributed by atoms with Crippen molar-refractivity contribution < 1.29 is 9.31 Å². The van der Waals surface area contributed by atoms with Gasteiger partial charge in [-0.15, -0.1) is 12.4 Å². The summed E-state index contributed by atoms with van der Waals surface area (Å²) in [6.07, 6.45) is 4.82. The van der Waals surface area contributed by atoms with Crippen molar-refractivity contribution in [2.75, 3.05) is 19.6 Å². The average Bonchev–Trinajstić information content (AvgIpc) is 3.30. The Hall–Kier alpha value is -1.24. The van der Waals surface area contributed by atoms with E-state index in [-0.39, 0.29) is 18.1 Å². The molecule has 2 aliphatic rings. The first-order chi connectivity index (χ1) is 10.6. The van der Waals surface area contributed by atoms with Gasteiger partial charge in [-0.1, -0.05) is 0 Å². The summed E-state index contributed by atoms with van der Waals surface area (Å²) in [4.78, 5) is 12.8. The summed E-state index contributed by atoms with van der Waals surface area (Å²) in [7, 11) is 0. The molecule has 0 amide bonds. The minimum absolute atomic E-state index is 0. The van der Waals surface area contributed by atoms with Crippen LogP contribution in [0.5, 0.6) is 0 Å². The third kappa shape index (κ3) is 5.12. The van der Waals surface area contributed by atoms with Gasteiger partial charge >= 0.3 is 0 Å². The van der Waals surface area contributed by atoms with E-state index < -0.39 is 10.7 Å². The molecular formula is C16H23ClFN3O2. The lowest BCUT2D eigenvalue weighted by molar-refractivity contribution is -0.385. The number of nitrogens with one attached hydrogen (secondary N) is 1. The van der Waals surface area contributed by atoms with Gasteiger partial charge < -0.3 is 5.32 Å². The van der Waals surface area contributed by atoms with Gasteiger partial charge in [-0.25, -0.2) is 4.39 Å². The van der Waals surface area contributed by atoms with Crippen LogP contribution >= 0.6 is 12.4 Å². The Kier molecular flexibility index (Phi) is 6.33. The minimum Gasteiger partial charge on any atom is -0.314 e. The first-order valence-corrected chi connectivity index (χ1v) is 8.00. The lowest BCUT2D eigenvalue weighted by Gasteiger charge is -2.32. The van der Waals surface area contributed by atoms with Crippen LogP contribution in [-0.4, -0.2) is 35.5 Å². The molecule has 1 aliphatic heterocycles.